The number of aromatic nitrogens is 1. The molecule has 92 valence electrons. The lowest BCUT2D eigenvalue weighted by Gasteiger charge is -2.10. The Bertz CT molecular complexity index is 509. The molecule has 3 rings (SSSR count). The molecule has 1 aromatic heterocycles. The van der Waals surface area contributed by atoms with E-state index in [1.165, 1.54) is 0 Å². The average Bonchev–Trinajstić information content (AvgIpc) is 3.23. The van der Waals surface area contributed by atoms with Crippen LogP contribution in [-0.4, -0.2) is 24.3 Å². The third-order valence-electron chi connectivity index (χ3n) is 2.90. The molecule has 3 heteroatoms. The maximum absolute atomic E-state index is 5.78. The van der Waals surface area contributed by atoms with Crippen molar-refractivity contribution in [1.29, 1.82) is 0 Å². The predicted octanol–water partition coefficient (Wildman–Crippen LogP) is 2.45. The van der Waals surface area contributed by atoms with Crippen molar-refractivity contribution in [3.8, 4) is 5.75 Å². The minimum Gasteiger partial charge on any atom is -0.490 e. The number of rotatable bonds is 5. The summed E-state index contributed by atoms with van der Waals surface area (Å²) in [4.78, 5) is 4.34. The monoisotopic (exact) mass is 241 g/mol. The fourth-order valence-corrected chi connectivity index (χ4v) is 1.84. The maximum Gasteiger partial charge on any atom is 0.123 e. The van der Waals surface area contributed by atoms with E-state index in [4.69, 9.17) is 9.47 Å². The summed E-state index contributed by atoms with van der Waals surface area (Å²) in [5, 5.41) is 0. The van der Waals surface area contributed by atoms with Crippen LogP contribution in [0, 0.1) is 0 Å². The van der Waals surface area contributed by atoms with Gasteiger partial charge in [0.15, 0.2) is 0 Å². The van der Waals surface area contributed by atoms with E-state index in [0.29, 0.717) is 6.61 Å². The molecule has 1 fully saturated rings. The lowest BCUT2D eigenvalue weighted by Crippen LogP contribution is -2.06. The second-order valence-electron chi connectivity index (χ2n) is 4.37. The average molecular weight is 241 g/mol. The first kappa shape index (κ1) is 11.2. The Morgan fingerprint density at radius 3 is 2.78 bits per heavy atom. The SMILES string of the molecule is c1ccc(Cc2ccccc2OCC2CO2)nc1. The number of para-hydroxylation sites is 1. The Kier molecular flexibility index (Phi) is 3.24. The van der Waals surface area contributed by atoms with Crippen LogP contribution >= 0.6 is 0 Å². The molecule has 0 aliphatic carbocycles. The van der Waals surface area contributed by atoms with E-state index < -0.39 is 0 Å². The molecule has 1 aliphatic heterocycles. The molecule has 3 nitrogen and oxygen atoms in total. The van der Waals surface area contributed by atoms with Gasteiger partial charge in [-0.3, -0.25) is 4.98 Å². The molecule has 0 N–H and O–H groups in total. The fourth-order valence-electron chi connectivity index (χ4n) is 1.84. The van der Waals surface area contributed by atoms with E-state index in [0.717, 1.165) is 30.0 Å². The van der Waals surface area contributed by atoms with Gasteiger partial charge in [-0.25, -0.2) is 0 Å². The molecule has 18 heavy (non-hydrogen) atoms. The summed E-state index contributed by atoms with van der Waals surface area (Å²) in [5.41, 5.74) is 2.22. The zero-order valence-electron chi connectivity index (χ0n) is 10.1. The van der Waals surface area contributed by atoms with Crippen molar-refractivity contribution in [2.45, 2.75) is 12.5 Å². The molecule has 2 heterocycles. The predicted molar refractivity (Wildman–Crippen MR) is 68.7 cm³/mol. The van der Waals surface area contributed by atoms with Crippen LogP contribution in [0.3, 0.4) is 0 Å². The number of pyridine rings is 1. The molecule has 1 aliphatic rings. The molecule has 0 amide bonds. The molecule has 0 spiro atoms. The van der Waals surface area contributed by atoms with Crippen LogP contribution in [-0.2, 0) is 11.2 Å². The van der Waals surface area contributed by atoms with Gasteiger partial charge in [0.05, 0.1) is 6.61 Å². The van der Waals surface area contributed by atoms with Crippen molar-refractivity contribution in [1.82, 2.24) is 4.98 Å². The van der Waals surface area contributed by atoms with E-state index in [1.807, 2.05) is 42.6 Å². The lowest BCUT2D eigenvalue weighted by molar-refractivity contribution is 0.261. The Morgan fingerprint density at radius 2 is 2.00 bits per heavy atom. The molecule has 1 saturated heterocycles. The zero-order valence-corrected chi connectivity index (χ0v) is 10.1. The van der Waals surface area contributed by atoms with Gasteiger partial charge in [-0.1, -0.05) is 24.3 Å². The van der Waals surface area contributed by atoms with Gasteiger partial charge in [0.2, 0.25) is 0 Å². The minimum absolute atomic E-state index is 0.285. The number of ether oxygens (including phenoxy) is 2. The van der Waals surface area contributed by atoms with Crippen molar-refractivity contribution >= 4 is 0 Å². The number of nitrogens with zero attached hydrogens (tertiary/aromatic N) is 1. The van der Waals surface area contributed by atoms with Gasteiger partial charge in [0.25, 0.3) is 0 Å². The van der Waals surface area contributed by atoms with E-state index in [2.05, 4.69) is 11.1 Å². The van der Waals surface area contributed by atoms with E-state index in [-0.39, 0.29) is 6.10 Å². The van der Waals surface area contributed by atoms with E-state index in [1.54, 1.807) is 0 Å². The van der Waals surface area contributed by atoms with Gasteiger partial charge >= 0.3 is 0 Å². The molecule has 0 radical (unpaired) electrons. The van der Waals surface area contributed by atoms with Crippen LogP contribution in [0.1, 0.15) is 11.3 Å². The molecular formula is C15H15NO2. The largest absolute Gasteiger partial charge is 0.490 e. The molecule has 0 bridgehead atoms. The second-order valence-corrected chi connectivity index (χ2v) is 4.37. The maximum atomic E-state index is 5.78. The van der Waals surface area contributed by atoms with Gasteiger partial charge in [-0.15, -0.1) is 0 Å². The highest BCUT2D eigenvalue weighted by Gasteiger charge is 2.23. The quantitative estimate of drug-likeness (QED) is 0.754. The van der Waals surface area contributed by atoms with Crippen molar-refractivity contribution in [2.75, 3.05) is 13.2 Å². The topological polar surface area (TPSA) is 34.6 Å². The van der Waals surface area contributed by atoms with Gasteiger partial charge < -0.3 is 9.47 Å². The number of hydrogen-bond donors (Lipinski definition) is 0. The number of hydrogen-bond acceptors (Lipinski definition) is 3. The van der Waals surface area contributed by atoms with Crippen LogP contribution in [0.2, 0.25) is 0 Å². The van der Waals surface area contributed by atoms with E-state index in [9.17, 15) is 0 Å². The normalized spacial score (nSPS) is 17.4. The van der Waals surface area contributed by atoms with Gasteiger partial charge in [0, 0.05) is 23.9 Å². The summed E-state index contributed by atoms with van der Waals surface area (Å²) >= 11 is 0. The first-order chi connectivity index (χ1) is 8.92. The standard InChI is InChI=1S/C15H15NO2/c1-2-7-15(18-11-14-10-17-14)12(5-1)9-13-6-3-4-8-16-13/h1-8,14H,9-11H2. The lowest BCUT2D eigenvalue weighted by atomic mass is 10.1. The highest BCUT2D eigenvalue weighted by molar-refractivity contribution is 5.36. The molecular weight excluding hydrogens is 226 g/mol. The molecule has 1 unspecified atom stereocenters. The number of epoxide rings is 1. The van der Waals surface area contributed by atoms with Crippen molar-refractivity contribution in [3.05, 3.63) is 59.9 Å². The van der Waals surface area contributed by atoms with Crippen LogP contribution in [0.4, 0.5) is 0 Å². The second kappa shape index (κ2) is 5.19. The highest BCUT2D eigenvalue weighted by Crippen LogP contribution is 2.22. The smallest absolute Gasteiger partial charge is 0.123 e. The number of benzene rings is 1. The first-order valence-corrected chi connectivity index (χ1v) is 6.14. The van der Waals surface area contributed by atoms with E-state index >= 15 is 0 Å². The van der Waals surface area contributed by atoms with Crippen LogP contribution in [0.25, 0.3) is 0 Å². The van der Waals surface area contributed by atoms with Gasteiger partial charge in [-0.2, -0.15) is 0 Å². The summed E-state index contributed by atoms with van der Waals surface area (Å²) in [5.74, 6) is 0.929. The van der Waals surface area contributed by atoms with Crippen LogP contribution < -0.4 is 4.74 Å². The molecule has 2 aromatic rings. The summed E-state index contributed by atoms with van der Waals surface area (Å²) in [6, 6.07) is 14.1. The Morgan fingerprint density at radius 1 is 1.17 bits per heavy atom. The third kappa shape index (κ3) is 2.87. The first-order valence-electron chi connectivity index (χ1n) is 6.14. The van der Waals surface area contributed by atoms with Gasteiger partial charge in [-0.05, 0) is 18.2 Å². The zero-order chi connectivity index (χ0) is 12.2. The van der Waals surface area contributed by atoms with Crippen molar-refractivity contribution in [2.24, 2.45) is 0 Å². The van der Waals surface area contributed by atoms with Gasteiger partial charge in [0.1, 0.15) is 18.5 Å². The summed E-state index contributed by atoms with van der Waals surface area (Å²) < 4.78 is 10.9. The summed E-state index contributed by atoms with van der Waals surface area (Å²) in [7, 11) is 0. The van der Waals surface area contributed by atoms with Crippen molar-refractivity contribution < 1.29 is 9.47 Å². The Labute approximate surface area is 106 Å². The Hall–Kier alpha value is -1.87. The molecule has 1 aromatic carbocycles. The molecule has 1 atom stereocenters. The summed E-state index contributed by atoms with van der Waals surface area (Å²) in [6.45, 7) is 1.46. The summed E-state index contributed by atoms with van der Waals surface area (Å²) in [6.07, 6.45) is 2.90. The van der Waals surface area contributed by atoms with Crippen LogP contribution in [0.15, 0.2) is 48.7 Å². The third-order valence-corrected chi connectivity index (χ3v) is 2.90. The molecule has 0 saturated carbocycles. The highest BCUT2D eigenvalue weighted by atomic mass is 16.6. The van der Waals surface area contributed by atoms with Crippen LogP contribution in [0.5, 0.6) is 5.75 Å². The fraction of sp³-hybridized carbons (Fsp3) is 0.267. The van der Waals surface area contributed by atoms with Crippen molar-refractivity contribution in [3.63, 3.8) is 0 Å². The minimum atomic E-state index is 0.285. The Balaban J connectivity index is 1.73.